The maximum absolute atomic E-state index is 13.9. The number of nitrogens with one attached hydrogen (secondary N) is 1. The van der Waals surface area contributed by atoms with Crippen LogP contribution in [0.15, 0.2) is 72.9 Å². The third-order valence-electron chi connectivity index (χ3n) is 6.82. The Balaban J connectivity index is 1.72. The molecular weight excluding hydrogens is 493 g/mol. The summed E-state index contributed by atoms with van der Waals surface area (Å²) in [4.78, 5) is 6.66. The predicted octanol–water partition coefficient (Wildman–Crippen LogP) is 7.30. The molecule has 5 rings (SSSR count). The molecule has 0 amide bonds. The number of halogens is 3. The van der Waals surface area contributed by atoms with Crippen molar-refractivity contribution in [3.8, 4) is 5.69 Å². The SMILES string of the molecule is Cc1cc(C)cc(N2C(=S)N[C@H](c3ccccn3)[C@@H]2c2cc(C)n(-c3ccccc3C(F)(F)F)c2C)c1. The number of hydrogen-bond donors (Lipinski definition) is 1. The Kier molecular flexibility index (Phi) is 6.31. The van der Waals surface area contributed by atoms with E-state index in [0.717, 1.165) is 39.8 Å². The Morgan fingerprint density at radius 2 is 1.57 bits per heavy atom. The molecule has 8 heteroatoms. The molecule has 1 saturated heterocycles. The summed E-state index contributed by atoms with van der Waals surface area (Å²) >= 11 is 5.84. The molecule has 1 aliphatic rings. The highest BCUT2D eigenvalue weighted by Crippen LogP contribution is 2.45. The maximum Gasteiger partial charge on any atom is 0.418 e. The second-order valence-electron chi connectivity index (χ2n) is 9.52. The number of thiocarbonyl (C=S) groups is 1. The summed E-state index contributed by atoms with van der Waals surface area (Å²) < 4.78 is 43.5. The Bertz CT molecular complexity index is 1460. The van der Waals surface area contributed by atoms with Crippen molar-refractivity contribution >= 4 is 23.0 Å². The number of para-hydroxylation sites is 1. The smallest absolute Gasteiger partial charge is 0.351 e. The van der Waals surface area contributed by atoms with Crippen LogP contribution in [0.5, 0.6) is 0 Å². The third-order valence-corrected chi connectivity index (χ3v) is 7.14. The highest BCUT2D eigenvalue weighted by atomic mass is 32.1. The van der Waals surface area contributed by atoms with Gasteiger partial charge in [0.05, 0.1) is 29.0 Å². The molecule has 0 saturated carbocycles. The summed E-state index contributed by atoms with van der Waals surface area (Å²) in [6, 6.07) is 19.0. The Hall–Kier alpha value is -3.65. The van der Waals surface area contributed by atoms with E-state index in [9.17, 15) is 13.2 Å². The molecular formula is C29H27F3N4S. The summed E-state index contributed by atoms with van der Waals surface area (Å²) in [5.41, 5.74) is 5.69. The van der Waals surface area contributed by atoms with Gasteiger partial charge in [0, 0.05) is 23.3 Å². The van der Waals surface area contributed by atoms with Gasteiger partial charge in [-0.15, -0.1) is 0 Å². The van der Waals surface area contributed by atoms with Crippen LogP contribution < -0.4 is 10.2 Å². The molecule has 2 atom stereocenters. The number of anilines is 1. The number of aryl methyl sites for hydroxylation is 3. The molecule has 0 radical (unpaired) electrons. The normalized spacial score (nSPS) is 17.8. The first-order chi connectivity index (χ1) is 17.6. The number of hydrogen-bond acceptors (Lipinski definition) is 2. The van der Waals surface area contributed by atoms with Crippen molar-refractivity contribution in [2.45, 2.75) is 46.0 Å². The van der Waals surface area contributed by atoms with Crippen LogP contribution in [0.1, 0.15) is 51.4 Å². The van der Waals surface area contributed by atoms with Gasteiger partial charge in [0.15, 0.2) is 5.11 Å². The number of nitrogens with zero attached hydrogens (tertiary/aromatic N) is 3. The lowest BCUT2D eigenvalue weighted by atomic mass is 9.96. The Morgan fingerprint density at radius 3 is 2.22 bits per heavy atom. The fourth-order valence-corrected chi connectivity index (χ4v) is 5.75. The van der Waals surface area contributed by atoms with Gasteiger partial charge in [0.1, 0.15) is 0 Å². The van der Waals surface area contributed by atoms with Gasteiger partial charge in [-0.2, -0.15) is 13.2 Å². The molecule has 0 aliphatic carbocycles. The first kappa shape index (κ1) is 25.0. The third kappa shape index (κ3) is 4.50. The largest absolute Gasteiger partial charge is 0.418 e. The van der Waals surface area contributed by atoms with Gasteiger partial charge in [-0.05, 0) is 99.1 Å². The van der Waals surface area contributed by atoms with Crippen LogP contribution in [0.2, 0.25) is 0 Å². The zero-order chi connectivity index (χ0) is 26.5. The molecule has 0 bridgehead atoms. The van der Waals surface area contributed by atoms with Crippen molar-refractivity contribution < 1.29 is 13.2 Å². The van der Waals surface area contributed by atoms with Crippen LogP contribution in [0.25, 0.3) is 5.69 Å². The first-order valence-electron chi connectivity index (χ1n) is 12.0. The van der Waals surface area contributed by atoms with E-state index in [4.69, 9.17) is 12.2 Å². The molecule has 190 valence electrons. The fourth-order valence-electron chi connectivity index (χ4n) is 5.40. The average molecular weight is 521 g/mol. The second-order valence-corrected chi connectivity index (χ2v) is 9.91. The van der Waals surface area contributed by atoms with E-state index in [1.165, 1.54) is 12.1 Å². The molecule has 0 spiro atoms. The lowest BCUT2D eigenvalue weighted by Gasteiger charge is -2.29. The summed E-state index contributed by atoms with van der Waals surface area (Å²) in [6.07, 6.45) is -2.74. The van der Waals surface area contributed by atoms with Crippen LogP contribution in [0.4, 0.5) is 18.9 Å². The summed E-state index contributed by atoms with van der Waals surface area (Å²) in [6.45, 7) is 7.77. The van der Waals surface area contributed by atoms with Crippen LogP contribution in [0.3, 0.4) is 0 Å². The quantitative estimate of drug-likeness (QED) is 0.286. The molecule has 2 aromatic heterocycles. The van der Waals surface area contributed by atoms with Crippen molar-refractivity contribution in [3.05, 3.63) is 112 Å². The lowest BCUT2D eigenvalue weighted by Crippen LogP contribution is -2.29. The van der Waals surface area contributed by atoms with E-state index in [2.05, 4.69) is 33.4 Å². The van der Waals surface area contributed by atoms with Crippen molar-refractivity contribution in [2.75, 3.05) is 4.90 Å². The molecule has 4 aromatic rings. The van der Waals surface area contributed by atoms with Crippen molar-refractivity contribution in [1.82, 2.24) is 14.9 Å². The molecule has 1 aliphatic heterocycles. The van der Waals surface area contributed by atoms with Crippen LogP contribution in [-0.2, 0) is 6.18 Å². The first-order valence-corrected chi connectivity index (χ1v) is 12.4. The maximum atomic E-state index is 13.9. The van der Waals surface area contributed by atoms with E-state index in [0.29, 0.717) is 10.8 Å². The number of rotatable bonds is 4. The number of aromatic nitrogens is 2. The molecule has 37 heavy (non-hydrogen) atoms. The van der Waals surface area contributed by atoms with Crippen LogP contribution in [-0.4, -0.2) is 14.7 Å². The number of benzene rings is 2. The second kappa shape index (κ2) is 9.34. The van der Waals surface area contributed by atoms with Gasteiger partial charge in [-0.25, -0.2) is 0 Å². The number of pyridine rings is 1. The van der Waals surface area contributed by atoms with Crippen LogP contribution in [0, 0.1) is 27.7 Å². The minimum absolute atomic E-state index is 0.108. The van der Waals surface area contributed by atoms with Crippen molar-refractivity contribution in [2.24, 2.45) is 0 Å². The lowest BCUT2D eigenvalue weighted by molar-refractivity contribution is -0.137. The van der Waals surface area contributed by atoms with Gasteiger partial charge < -0.3 is 14.8 Å². The zero-order valence-electron chi connectivity index (χ0n) is 21.0. The van der Waals surface area contributed by atoms with E-state index >= 15 is 0 Å². The van der Waals surface area contributed by atoms with E-state index in [-0.39, 0.29) is 17.8 Å². The van der Waals surface area contributed by atoms with Gasteiger partial charge in [0.2, 0.25) is 0 Å². The average Bonchev–Trinajstić information content (AvgIpc) is 3.33. The van der Waals surface area contributed by atoms with Gasteiger partial charge in [-0.1, -0.05) is 24.3 Å². The highest BCUT2D eigenvalue weighted by molar-refractivity contribution is 7.80. The van der Waals surface area contributed by atoms with E-state index in [1.807, 2.05) is 52.0 Å². The minimum Gasteiger partial charge on any atom is -0.351 e. The van der Waals surface area contributed by atoms with Gasteiger partial charge in [0.25, 0.3) is 0 Å². The zero-order valence-corrected chi connectivity index (χ0v) is 21.8. The molecule has 3 heterocycles. The Morgan fingerprint density at radius 1 is 0.892 bits per heavy atom. The topological polar surface area (TPSA) is 33.1 Å². The highest BCUT2D eigenvalue weighted by Gasteiger charge is 2.43. The monoisotopic (exact) mass is 520 g/mol. The summed E-state index contributed by atoms with van der Waals surface area (Å²) in [5, 5.41) is 3.99. The molecule has 0 unspecified atom stereocenters. The number of alkyl halides is 3. The minimum atomic E-state index is -4.47. The predicted molar refractivity (Wildman–Crippen MR) is 144 cm³/mol. The summed E-state index contributed by atoms with van der Waals surface area (Å²) in [5.74, 6) is 0. The van der Waals surface area contributed by atoms with E-state index in [1.54, 1.807) is 16.8 Å². The standard InChI is InChI=1S/C29H27F3N4S/c1-17-13-18(2)15-21(14-17)36-27(26(34-28(36)37)24-10-7-8-12-33-24)22-16-19(3)35(20(22)4)25-11-6-5-9-23(25)29(30,31)32/h5-16,26-27H,1-4H3,(H,34,37)/t26-,27+/m1/s1. The Labute approximate surface area is 219 Å². The van der Waals surface area contributed by atoms with Gasteiger partial charge >= 0.3 is 6.18 Å². The van der Waals surface area contributed by atoms with E-state index < -0.39 is 11.7 Å². The van der Waals surface area contributed by atoms with Crippen molar-refractivity contribution in [3.63, 3.8) is 0 Å². The molecule has 4 nitrogen and oxygen atoms in total. The van der Waals surface area contributed by atoms with Crippen LogP contribution >= 0.6 is 12.2 Å². The summed E-state index contributed by atoms with van der Waals surface area (Å²) in [7, 11) is 0. The molecule has 1 fully saturated rings. The van der Waals surface area contributed by atoms with Gasteiger partial charge in [-0.3, -0.25) is 4.98 Å². The fraction of sp³-hybridized carbons (Fsp3) is 0.241. The molecule has 1 N–H and O–H groups in total. The van der Waals surface area contributed by atoms with Crippen molar-refractivity contribution in [1.29, 1.82) is 0 Å². The molecule has 2 aromatic carbocycles.